The lowest BCUT2D eigenvalue weighted by Gasteiger charge is -2.16. The van der Waals surface area contributed by atoms with Crippen molar-refractivity contribution in [2.75, 3.05) is 12.3 Å². The Hall–Kier alpha value is -1.55. The van der Waals surface area contributed by atoms with Crippen LogP contribution in [0.3, 0.4) is 0 Å². The molecule has 7 nitrogen and oxygen atoms in total. The van der Waals surface area contributed by atoms with Gasteiger partial charge in [0.1, 0.15) is 18.0 Å². The smallest absolute Gasteiger partial charge is 0.351 e. The van der Waals surface area contributed by atoms with Crippen molar-refractivity contribution in [3.05, 3.63) is 39.1 Å². The minimum absolute atomic E-state index is 0.00924. The number of nitrogen functional groups attached to an aromatic ring is 1. The van der Waals surface area contributed by atoms with Crippen LogP contribution in [0.25, 0.3) is 6.08 Å². The Morgan fingerprint density at radius 2 is 2.33 bits per heavy atom. The van der Waals surface area contributed by atoms with Crippen LogP contribution in [0.1, 0.15) is 11.8 Å². The quantitative estimate of drug-likeness (QED) is 0.713. The molecule has 3 unspecified atom stereocenters. The number of halogens is 2. The number of rotatable bonds is 3. The van der Waals surface area contributed by atoms with E-state index in [4.69, 9.17) is 15.6 Å². The largest absolute Gasteiger partial charge is 0.394 e. The summed E-state index contributed by atoms with van der Waals surface area (Å²) in [7, 11) is 0. The lowest BCUT2D eigenvalue weighted by atomic mass is 10.1. The number of ether oxygens (including phenoxy) is 1. The van der Waals surface area contributed by atoms with E-state index in [1.165, 1.54) is 11.2 Å². The second kappa shape index (κ2) is 6.48. The molecule has 1 aliphatic heterocycles. The maximum absolute atomic E-state index is 13.0. The maximum Gasteiger partial charge on any atom is 0.351 e. The van der Waals surface area contributed by atoms with Gasteiger partial charge in [0.05, 0.1) is 12.9 Å². The van der Waals surface area contributed by atoms with Gasteiger partial charge in [-0.3, -0.25) is 4.57 Å². The van der Waals surface area contributed by atoms with Gasteiger partial charge in [0.25, 0.3) is 0 Å². The molecule has 9 heteroatoms. The molecule has 0 spiro atoms. The lowest BCUT2D eigenvalue weighted by Crippen LogP contribution is -2.29. The molecule has 1 aliphatic rings. The van der Waals surface area contributed by atoms with Gasteiger partial charge in [-0.1, -0.05) is 15.9 Å². The molecule has 4 N–H and O–H groups in total. The fourth-order valence-corrected chi connectivity index (χ4v) is 2.31. The molecular formula is C12H13BrFN3O4. The van der Waals surface area contributed by atoms with E-state index in [-0.39, 0.29) is 17.7 Å². The van der Waals surface area contributed by atoms with Crippen LogP contribution in [0.2, 0.25) is 0 Å². The number of aromatic nitrogens is 2. The Balaban J connectivity index is 2.51. The molecule has 1 aromatic heterocycles. The van der Waals surface area contributed by atoms with Crippen LogP contribution in [0, 0.1) is 0 Å². The van der Waals surface area contributed by atoms with E-state index in [2.05, 4.69) is 20.9 Å². The summed E-state index contributed by atoms with van der Waals surface area (Å²) in [5, 5.41) is 18.9. The highest BCUT2D eigenvalue weighted by Crippen LogP contribution is 2.33. The second-order valence-corrected chi connectivity index (χ2v) is 4.86. The van der Waals surface area contributed by atoms with Crippen molar-refractivity contribution in [2.45, 2.75) is 18.4 Å². The molecule has 3 atom stereocenters. The van der Waals surface area contributed by atoms with Gasteiger partial charge in [0, 0.05) is 17.3 Å². The zero-order valence-corrected chi connectivity index (χ0v) is 12.3. The summed E-state index contributed by atoms with van der Waals surface area (Å²) in [4.78, 5) is 17.0. The Morgan fingerprint density at radius 3 is 2.90 bits per heavy atom. The van der Waals surface area contributed by atoms with Crippen molar-refractivity contribution >= 4 is 27.8 Å². The lowest BCUT2D eigenvalue weighted by molar-refractivity contribution is -0.0447. The summed E-state index contributed by atoms with van der Waals surface area (Å²) in [6, 6.07) is 0. The normalized spacial score (nSPS) is 27.8. The third kappa shape index (κ3) is 2.91. The van der Waals surface area contributed by atoms with Gasteiger partial charge < -0.3 is 20.7 Å². The standard InChI is InChI=1S/C12H13BrFN3O4/c13-2-1-6-4-17(12(20)16-10(6)15)11-7(3-14)9(19)8(5-18)21-11/h1-4,8-9,11,18-19H,5H2,(H2,15,16,20). The molecule has 2 heterocycles. The summed E-state index contributed by atoms with van der Waals surface area (Å²) in [6.45, 7) is -0.514. The molecule has 0 bridgehead atoms. The molecule has 1 saturated heterocycles. The van der Waals surface area contributed by atoms with Gasteiger partial charge in [0.2, 0.25) is 0 Å². The number of nitrogens with zero attached hydrogens (tertiary/aromatic N) is 2. The zero-order chi connectivity index (χ0) is 15.6. The monoisotopic (exact) mass is 361 g/mol. The van der Waals surface area contributed by atoms with E-state index in [9.17, 15) is 14.3 Å². The molecule has 0 saturated carbocycles. The van der Waals surface area contributed by atoms with Crippen LogP contribution in [0.5, 0.6) is 0 Å². The van der Waals surface area contributed by atoms with Crippen molar-refractivity contribution in [1.29, 1.82) is 0 Å². The summed E-state index contributed by atoms with van der Waals surface area (Å²) < 4.78 is 19.3. The molecule has 21 heavy (non-hydrogen) atoms. The molecule has 0 aliphatic carbocycles. The predicted octanol–water partition coefficient (Wildman–Crippen LogP) is 0.295. The average molecular weight is 362 g/mol. The van der Waals surface area contributed by atoms with Crippen LogP contribution >= 0.6 is 15.9 Å². The summed E-state index contributed by atoms with van der Waals surface area (Å²) in [5.41, 5.74) is 5.09. The fourth-order valence-electron chi connectivity index (χ4n) is 2.03. The first kappa shape index (κ1) is 15.8. The van der Waals surface area contributed by atoms with Gasteiger partial charge in [-0.25, -0.2) is 9.18 Å². The number of nitrogens with two attached hydrogens (primary N) is 1. The van der Waals surface area contributed by atoms with E-state index >= 15 is 0 Å². The minimum atomic E-state index is -1.34. The second-order valence-electron chi connectivity index (χ2n) is 4.33. The molecule has 1 aromatic rings. The van der Waals surface area contributed by atoms with Crippen LogP contribution < -0.4 is 11.4 Å². The Kier molecular flexibility index (Phi) is 4.88. The van der Waals surface area contributed by atoms with Gasteiger partial charge in [-0.2, -0.15) is 4.98 Å². The maximum atomic E-state index is 13.0. The first-order valence-electron chi connectivity index (χ1n) is 5.93. The molecule has 0 aromatic carbocycles. The number of hydrogen-bond donors (Lipinski definition) is 3. The summed E-state index contributed by atoms with van der Waals surface area (Å²) in [5.74, 6) is 0.00924. The fraction of sp³-hybridized carbons (Fsp3) is 0.333. The van der Waals surface area contributed by atoms with Gasteiger partial charge >= 0.3 is 5.69 Å². The number of aliphatic hydroxyl groups excluding tert-OH is 2. The topological polar surface area (TPSA) is 111 Å². The summed E-state index contributed by atoms with van der Waals surface area (Å²) >= 11 is 3.08. The Labute approximate surface area is 127 Å². The van der Waals surface area contributed by atoms with Crippen molar-refractivity contribution in [2.24, 2.45) is 0 Å². The average Bonchev–Trinajstić information content (AvgIpc) is 2.78. The Bertz CT molecular complexity index is 646. The predicted molar refractivity (Wildman–Crippen MR) is 77.1 cm³/mol. The molecule has 0 radical (unpaired) electrons. The number of aliphatic hydroxyl groups is 2. The van der Waals surface area contributed by atoms with Crippen molar-refractivity contribution in [3.63, 3.8) is 0 Å². The van der Waals surface area contributed by atoms with E-state index in [0.29, 0.717) is 5.56 Å². The van der Waals surface area contributed by atoms with E-state index in [1.807, 2.05) is 0 Å². The van der Waals surface area contributed by atoms with Crippen molar-refractivity contribution in [3.8, 4) is 0 Å². The SMILES string of the molecule is Nc1nc(=O)n(C2OC(CO)C(O)C2=CF)cc1C=CBr. The highest BCUT2D eigenvalue weighted by molar-refractivity contribution is 9.11. The van der Waals surface area contributed by atoms with Crippen molar-refractivity contribution in [1.82, 2.24) is 9.55 Å². The molecule has 114 valence electrons. The van der Waals surface area contributed by atoms with Crippen LogP contribution in [0.15, 0.2) is 27.9 Å². The highest BCUT2D eigenvalue weighted by Gasteiger charge is 2.40. The van der Waals surface area contributed by atoms with Gasteiger partial charge in [0.15, 0.2) is 6.23 Å². The van der Waals surface area contributed by atoms with Crippen molar-refractivity contribution < 1.29 is 19.3 Å². The van der Waals surface area contributed by atoms with Crippen LogP contribution in [0.4, 0.5) is 10.2 Å². The molecule has 1 fully saturated rings. The molecule has 2 rings (SSSR count). The van der Waals surface area contributed by atoms with E-state index in [0.717, 1.165) is 4.57 Å². The molecule has 0 amide bonds. The van der Waals surface area contributed by atoms with Crippen LogP contribution in [-0.2, 0) is 4.74 Å². The first-order valence-corrected chi connectivity index (χ1v) is 6.85. The molecular weight excluding hydrogens is 349 g/mol. The number of anilines is 1. The van der Waals surface area contributed by atoms with Gasteiger partial charge in [-0.05, 0) is 11.1 Å². The van der Waals surface area contributed by atoms with Gasteiger partial charge in [-0.15, -0.1) is 0 Å². The Morgan fingerprint density at radius 1 is 1.62 bits per heavy atom. The first-order chi connectivity index (χ1) is 10.0. The minimum Gasteiger partial charge on any atom is -0.394 e. The zero-order valence-electron chi connectivity index (χ0n) is 10.7. The van der Waals surface area contributed by atoms with E-state index < -0.39 is 30.7 Å². The third-order valence-electron chi connectivity index (χ3n) is 3.09. The number of hydrogen-bond acceptors (Lipinski definition) is 6. The summed E-state index contributed by atoms with van der Waals surface area (Å²) in [6.07, 6.45) is -0.505. The van der Waals surface area contributed by atoms with Crippen LogP contribution in [-0.4, -0.2) is 38.6 Å². The third-order valence-corrected chi connectivity index (χ3v) is 3.36. The van der Waals surface area contributed by atoms with E-state index in [1.54, 1.807) is 6.08 Å². The highest BCUT2D eigenvalue weighted by atomic mass is 79.9.